The molecule has 1 aliphatic rings. The van der Waals surface area contributed by atoms with Gasteiger partial charge in [-0.05, 0) is 44.4 Å². The number of hydrogen-bond donors (Lipinski definition) is 1. The lowest BCUT2D eigenvalue weighted by molar-refractivity contribution is 0.0947. The lowest BCUT2D eigenvalue weighted by Gasteiger charge is -2.36. The Morgan fingerprint density at radius 1 is 1.23 bits per heavy atom. The van der Waals surface area contributed by atoms with Gasteiger partial charge in [-0.3, -0.25) is 14.1 Å². The van der Waals surface area contributed by atoms with Crippen LogP contribution in [0.2, 0.25) is 5.02 Å². The van der Waals surface area contributed by atoms with Crippen molar-refractivity contribution >= 4 is 39.5 Å². The zero-order valence-electron chi connectivity index (χ0n) is 18.2. The Hall–Kier alpha value is -2.09. The zero-order valence-corrected chi connectivity index (χ0v) is 19.8. The van der Waals surface area contributed by atoms with Crippen molar-refractivity contribution in [1.29, 1.82) is 0 Å². The average molecular weight is 460 g/mol. The maximum Gasteiger partial charge on any atom is 0.271 e. The van der Waals surface area contributed by atoms with E-state index < -0.39 is 0 Å². The van der Waals surface area contributed by atoms with E-state index in [1.54, 1.807) is 11.3 Å². The summed E-state index contributed by atoms with van der Waals surface area (Å²) in [5.74, 6) is -0.0757. The number of rotatable bonds is 8. The van der Waals surface area contributed by atoms with Crippen LogP contribution in [0.4, 0.5) is 5.69 Å². The minimum Gasteiger partial charge on any atom is -0.368 e. The van der Waals surface area contributed by atoms with E-state index in [0.29, 0.717) is 12.2 Å². The highest BCUT2D eigenvalue weighted by Crippen LogP contribution is 2.30. The molecule has 0 aliphatic carbocycles. The minimum atomic E-state index is -0.0757. The van der Waals surface area contributed by atoms with E-state index in [1.807, 2.05) is 22.9 Å². The number of nitrogens with zero attached hydrogens (tertiary/aromatic N) is 4. The largest absolute Gasteiger partial charge is 0.368 e. The van der Waals surface area contributed by atoms with E-state index >= 15 is 0 Å². The predicted molar refractivity (Wildman–Crippen MR) is 129 cm³/mol. The van der Waals surface area contributed by atoms with Crippen LogP contribution in [0.1, 0.15) is 41.5 Å². The molecule has 0 atom stereocenters. The van der Waals surface area contributed by atoms with Crippen LogP contribution in [-0.4, -0.2) is 59.5 Å². The fraction of sp³-hybridized carbons (Fsp3) is 0.478. The van der Waals surface area contributed by atoms with Gasteiger partial charge in [0.2, 0.25) is 0 Å². The van der Waals surface area contributed by atoms with Crippen LogP contribution >= 0.6 is 22.9 Å². The minimum absolute atomic E-state index is 0.0757. The summed E-state index contributed by atoms with van der Waals surface area (Å²) < 4.78 is 1.96. The summed E-state index contributed by atoms with van der Waals surface area (Å²) in [6.07, 6.45) is 4.95. The second-order valence-electron chi connectivity index (χ2n) is 8.00. The van der Waals surface area contributed by atoms with E-state index in [-0.39, 0.29) is 5.91 Å². The molecule has 1 aliphatic heterocycles. The van der Waals surface area contributed by atoms with Crippen LogP contribution in [0.3, 0.4) is 0 Å². The zero-order chi connectivity index (χ0) is 21.8. The smallest absolute Gasteiger partial charge is 0.271 e. The number of piperazine rings is 1. The van der Waals surface area contributed by atoms with Crippen LogP contribution in [0, 0.1) is 6.92 Å². The first-order valence-electron chi connectivity index (χ1n) is 11.0. The summed E-state index contributed by atoms with van der Waals surface area (Å²) >= 11 is 8.14. The highest BCUT2D eigenvalue weighted by molar-refractivity contribution is 7.15. The third kappa shape index (κ3) is 4.89. The highest BCUT2D eigenvalue weighted by atomic mass is 35.5. The lowest BCUT2D eigenvalue weighted by atomic mass is 10.1. The Bertz CT molecular complexity index is 1040. The molecular weight excluding hydrogens is 430 g/mol. The van der Waals surface area contributed by atoms with E-state index in [1.165, 1.54) is 5.56 Å². The van der Waals surface area contributed by atoms with E-state index in [4.69, 9.17) is 11.6 Å². The Morgan fingerprint density at radius 2 is 2.03 bits per heavy atom. The summed E-state index contributed by atoms with van der Waals surface area (Å²) in [5.41, 5.74) is 3.82. The molecule has 1 N–H and O–H groups in total. The Balaban J connectivity index is 1.17. The number of nitrogens with one attached hydrogen (secondary N) is 1. The van der Waals surface area contributed by atoms with E-state index in [2.05, 4.69) is 45.2 Å². The standard InChI is InChI=1S/C23H30ClN5OS/c1-3-18-7-6-8-19(20(18)24)28-13-11-27(12-14-28)10-5-4-9-25-22(30)21-17(2)29-15-16-31-23(29)26-21/h6-8,15-16H,3-5,9-14H2,1-2H3,(H,25,30). The van der Waals surface area contributed by atoms with Gasteiger partial charge in [0.1, 0.15) is 0 Å². The molecule has 1 amide bonds. The fourth-order valence-electron chi connectivity index (χ4n) is 4.16. The number of thiazole rings is 1. The number of carbonyl (C=O) groups is 1. The summed E-state index contributed by atoms with van der Waals surface area (Å²) in [6, 6.07) is 6.35. The SMILES string of the molecule is CCc1cccc(N2CCN(CCCCNC(=O)c3nc4sccn4c3C)CC2)c1Cl. The van der Waals surface area contributed by atoms with Crippen molar-refractivity contribution in [2.45, 2.75) is 33.1 Å². The number of imidazole rings is 1. The van der Waals surface area contributed by atoms with Crippen LogP contribution in [0.15, 0.2) is 29.8 Å². The molecule has 1 aromatic carbocycles. The second kappa shape index (κ2) is 10.0. The topological polar surface area (TPSA) is 52.9 Å². The Labute approximate surface area is 192 Å². The van der Waals surface area contributed by atoms with Crippen molar-refractivity contribution in [2.75, 3.05) is 44.2 Å². The van der Waals surface area contributed by atoms with Crippen molar-refractivity contribution in [1.82, 2.24) is 19.6 Å². The van der Waals surface area contributed by atoms with Gasteiger partial charge < -0.3 is 10.2 Å². The summed E-state index contributed by atoms with van der Waals surface area (Å²) in [6.45, 7) is 9.92. The van der Waals surface area contributed by atoms with Crippen molar-refractivity contribution in [3.8, 4) is 0 Å². The number of carbonyl (C=O) groups excluding carboxylic acids is 1. The van der Waals surface area contributed by atoms with Gasteiger partial charge in [0.25, 0.3) is 5.91 Å². The van der Waals surface area contributed by atoms with Crippen molar-refractivity contribution in [3.05, 3.63) is 51.7 Å². The molecule has 6 nitrogen and oxygen atoms in total. The third-order valence-electron chi connectivity index (χ3n) is 6.05. The van der Waals surface area contributed by atoms with Crippen LogP contribution < -0.4 is 10.2 Å². The molecule has 1 fully saturated rings. The number of amides is 1. The third-order valence-corrected chi connectivity index (χ3v) is 7.25. The molecule has 0 radical (unpaired) electrons. The molecule has 0 spiro atoms. The van der Waals surface area contributed by atoms with Crippen molar-refractivity contribution < 1.29 is 4.79 Å². The number of fused-ring (bicyclic) bond motifs is 1. The van der Waals surface area contributed by atoms with Gasteiger partial charge in [0.05, 0.1) is 16.4 Å². The van der Waals surface area contributed by atoms with Gasteiger partial charge in [0, 0.05) is 44.3 Å². The summed E-state index contributed by atoms with van der Waals surface area (Å²) in [7, 11) is 0. The maximum absolute atomic E-state index is 12.4. The molecule has 3 heterocycles. The van der Waals surface area contributed by atoms with Gasteiger partial charge in [-0.25, -0.2) is 4.98 Å². The maximum atomic E-state index is 12.4. The number of aromatic nitrogens is 2. The number of unbranched alkanes of at least 4 members (excludes halogenated alkanes) is 1. The second-order valence-corrected chi connectivity index (χ2v) is 9.25. The van der Waals surface area contributed by atoms with E-state index in [9.17, 15) is 4.79 Å². The molecule has 2 aromatic heterocycles. The quantitative estimate of drug-likeness (QED) is 0.511. The van der Waals surface area contributed by atoms with Gasteiger partial charge in [-0.2, -0.15) is 0 Å². The van der Waals surface area contributed by atoms with Gasteiger partial charge in [0.15, 0.2) is 10.7 Å². The van der Waals surface area contributed by atoms with Crippen molar-refractivity contribution in [2.24, 2.45) is 0 Å². The molecule has 3 aromatic rings. The average Bonchev–Trinajstić information content (AvgIpc) is 3.37. The molecule has 8 heteroatoms. The number of benzene rings is 1. The van der Waals surface area contributed by atoms with Crippen LogP contribution in [-0.2, 0) is 6.42 Å². The number of halogens is 1. The normalized spacial score (nSPS) is 15.0. The molecule has 0 saturated carbocycles. The lowest BCUT2D eigenvalue weighted by Crippen LogP contribution is -2.46. The van der Waals surface area contributed by atoms with Gasteiger partial charge in [-0.15, -0.1) is 11.3 Å². The molecule has 0 unspecified atom stereocenters. The predicted octanol–water partition coefficient (Wildman–Crippen LogP) is 4.25. The molecule has 0 bridgehead atoms. The molecular formula is C23H30ClN5OS. The van der Waals surface area contributed by atoms with Gasteiger partial charge in [-0.1, -0.05) is 30.7 Å². The number of aryl methyl sites for hydroxylation is 2. The van der Waals surface area contributed by atoms with Crippen LogP contribution in [0.25, 0.3) is 4.96 Å². The molecule has 31 heavy (non-hydrogen) atoms. The first-order valence-corrected chi connectivity index (χ1v) is 12.3. The number of anilines is 1. The Kier molecular flexibility index (Phi) is 7.15. The first kappa shape index (κ1) is 22.1. The van der Waals surface area contributed by atoms with Gasteiger partial charge >= 0.3 is 0 Å². The Morgan fingerprint density at radius 3 is 2.77 bits per heavy atom. The van der Waals surface area contributed by atoms with E-state index in [0.717, 1.165) is 73.4 Å². The molecule has 1 saturated heterocycles. The molecule has 4 rings (SSSR count). The van der Waals surface area contributed by atoms with Crippen molar-refractivity contribution in [3.63, 3.8) is 0 Å². The number of hydrogen-bond acceptors (Lipinski definition) is 5. The summed E-state index contributed by atoms with van der Waals surface area (Å²) in [4.78, 5) is 22.6. The fourth-order valence-corrected chi connectivity index (χ4v) is 5.29. The molecule has 166 valence electrons. The van der Waals surface area contributed by atoms with Crippen LogP contribution in [0.5, 0.6) is 0 Å². The summed E-state index contributed by atoms with van der Waals surface area (Å²) in [5, 5.41) is 5.91. The highest BCUT2D eigenvalue weighted by Gasteiger charge is 2.20. The monoisotopic (exact) mass is 459 g/mol. The first-order chi connectivity index (χ1) is 15.1.